The molecule has 1 atom stereocenters. The van der Waals surface area contributed by atoms with Crippen molar-refractivity contribution >= 4 is 0 Å². The Kier molecular flexibility index (Phi) is 5.62. The highest BCUT2D eigenvalue weighted by Crippen LogP contribution is 2.19. The van der Waals surface area contributed by atoms with Gasteiger partial charge in [-0.15, -0.1) is 0 Å². The lowest BCUT2D eigenvalue weighted by Crippen LogP contribution is -2.39. The minimum absolute atomic E-state index is 0.447. The van der Waals surface area contributed by atoms with Crippen LogP contribution in [0.4, 0.5) is 0 Å². The standard InChI is InChI=1S/C12H27N/c1-7-11(10(3)4)13-9-12(5,6)8-2/h10-11,13H,7-9H2,1-6H3. The van der Waals surface area contributed by atoms with Crippen LogP contribution < -0.4 is 5.32 Å². The van der Waals surface area contributed by atoms with E-state index >= 15 is 0 Å². The highest BCUT2D eigenvalue weighted by atomic mass is 14.9. The van der Waals surface area contributed by atoms with E-state index in [2.05, 4.69) is 46.9 Å². The van der Waals surface area contributed by atoms with Gasteiger partial charge in [0, 0.05) is 12.6 Å². The molecule has 0 fully saturated rings. The summed E-state index contributed by atoms with van der Waals surface area (Å²) in [6.07, 6.45) is 2.48. The molecule has 0 rings (SSSR count). The molecule has 1 heteroatoms. The Balaban J connectivity index is 3.85. The van der Waals surface area contributed by atoms with Crippen LogP contribution in [-0.4, -0.2) is 12.6 Å². The Labute approximate surface area is 84.3 Å². The van der Waals surface area contributed by atoms with Gasteiger partial charge in [-0.3, -0.25) is 0 Å². The van der Waals surface area contributed by atoms with E-state index in [1.54, 1.807) is 0 Å². The predicted octanol–water partition coefficient (Wildman–Crippen LogP) is 3.45. The van der Waals surface area contributed by atoms with E-state index in [9.17, 15) is 0 Å². The van der Waals surface area contributed by atoms with Gasteiger partial charge in [-0.25, -0.2) is 0 Å². The molecule has 80 valence electrons. The maximum absolute atomic E-state index is 3.66. The normalized spacial score (nSPS) is 15.0. The Morgan fingerprint density at radius 2 is 1.69 bits per heavy atom. The van der Waals surface area contributed by atoms with Crippen molar-refractivity contribution in [2.24, 2.45) is 11.3 Å². The van der Waals surface area contributed by atoms with E-state index in [0.29, 0.717) is 11.5 Å². The first-order valence-electron chi connectivity index (χ1n) is 5.66. The van der Waals surface area contributed by atoms with Crippen molar-refractivity contribution in [3.8, 4) is 0 Å². The molecule has 1 N–H and O–H groups in total. The van der Waals surface area contributed by atoms with Crippen LogP contribution in [0.5, 0.6) is 0 Å². The van der Waals surface area contributed by atoms with Gasteiger partial charge in [0.25, 0.3) is 0 Å². The van der Waals surface area contributed by atoms with Gasteiger partial charge in [-0.2, -0.15) is 0 Å². The van der Waals surface area contributed by atoms with E-state index in [-0.39, 0.29) is 0 Å². The average molecular weight is 185 g/mol. The zero-order valence-corrected chi connectivity index (χ0v) is 10.3. The summed E-state index contributed by atoms with van der Waals surface area (Å²) in [5.74, 6) is 0.748. The van der Waals surface area contributed by atoms with Crippen molar-refractivity contribution in [1.29, 1.82) is 0 Å². The lowest BCUT2D eigenvalue weighted by Gasteiger charge is -2.28. The highest BCUT2D eigenvalue weighted by Gasteiger charge is 2.17. The van der Waals surface area contributed by atoms with E-state index in [1.807, 2.05) is 0 Å². The van der Waals surface area contributed by atoms with Crippen LogP contribution >= 0.6 is 0 Å². The molecule has 0 aromatic rings. The van der Waals surface area contributed by atoms with Crippen molar-refractivity contribution in [2.75, 3.05) is 6.54 Å². The van der Waals surface area contributed by atoms with Crippen LogP contribution in [0.15, 0.2) is 0 Å². The molecule has 0 spiro atoms. The Bertz CT molecular complexity index is 127. The average Bonchev–Trinajstić information content (AvgIpc) is 2.05. The first-order chi connectivity index (χ1) is 5.93. The maximum Gasteiger partial charge on any atom is 0.00876 e. The fourth-order valence-corrected chi connectivity index (χ4v) is 1.38. The minimum atomic E-state index is 0.447. The van der Waals surface area contributed by atoms with Crippen molar-refractivity contribution in [2.45, 2.75) is 60.4 Å². The fraction of sp³-hybridized carbons (Fsp3) is 1.00. The first-order valence-corrected chi connectivity index (χ1v) is 5.66. The number of rotatable bonds is 6. The second kappa shape index (κ2) is 5.64. The van der Waals surface area contributed by atoms with Gasteiger partial charge in [0.1, 0.15) is 0 Å². The molecule has 0 bridgehead atoms. The van der Waals surface area contributed by atoms with E-state index in [0.717, 1.165) is 12.5 Å². The summed E-state index contributed by atoms with van der Waals surface area (Å²) in [6, 6.07) is 0.686. The topological polar surface area (TPSA) is 12.0 Å². The molecule has 0 amide bonds. The first kappa shape index (κ1) is 13.0. The summed E-state index contributed by atoms with van der Waals surface area (Å²) in [4.78, 5) is 0. The molecule has 0 aliphatic heterocycles. The zero-order valence-electron chi connectivity index (χ0n) is 10.3. The Hall–Kier alpha value is -0.0400. The third-order valence-electron chi connectivity index (χ3n) is 3.04. The van der Waals surface area contributed by atoms with Gasteiger partial charge >= 0.3 is 0 Å². The molecule has 0 saturated heterocycles. The SMILES string of the molecule is CCC(NCC(C)(C)CC)C(C)C. The Morgan fingerprint density at radius 3 is 2.00 bits per heavy atom. The van der Waals surface area contributed by atoms with Crippen molar-refractivity contribution in [1.82, 2.24) is 5.32 Å². The smallest absolute Gasteiger partial charge is 0.00876 e. The maximum atomic E-state index is 3.66. The Morgan fingerprint density at radius 1 is 1.15 bits per heavy atom. The highest BCUT2D eigenvalue weighted by molar-refractivity contribution is 4.75. The molecule has 0 aliphatic carbocycles. The van der Waals surface area contributed by atoms with E-state index in [1.165, 1.54) is 12.8 Å². The second-order valence-corrected chi connectivity index (χ2v) is 5.16. The van der Waals surface area contributed by atoms with Gasteiger partial charge in [-0.05, 0) is 24.2 Å². The fourth-order valence-electron chi connectivity index (χ4n) is 1.38. The number of hydrogen-bond donors (Lipinski definition) is 1. The number of nitrogens with one attached hydrogen (secondary N) is 1. The van der Waals surface area contributed by atoms with Crippen LogP contribution in [0.3, 0.4) is 0 Å². The molecule has 0 aliphatic rings. The summed E-state index contributed by atoms with van der Waals surface area (Å²) in [6.45, 7) is 14.9. The summed E-state index contributed by atoms with van der Waals surface area (Å²) < 4.78 is 0. The molecule has 0 heterocycles. The molecule has 1 unspecified atom stereocenters. The minimum Gasteiger partial charge on any atom is -0.313 e. The van der Waals surface area contributed by atoms with Crippen LogP contribution in [0.1, 0.15) is 54.4 Å². The lowest BCUT2D eigenvalue weighted by molar-refractivity contribution is 0.281. The molecule has 0 aromatic carbocycles. The summed E-state index contributed by atoms with van der Waals surface area (Å²) in [7, 11) is 0. The van der Waals surface area contributed by atoms with E-state index in [4.69, 9.17) is 0 Å². The third kappa shape index (κ3) is 5.30. The van der Waals surface area contributed by atoms with E-state index < -0.39 is 0 Å². The third-order valence-corrected chi connectivity index (χ3v) is 3.04. The summed E-state index contributed by atoms with van der Waals surface area (Å²) >= 11 is 0. The quantitative estimate of drug-likeness (QED) is 0.668. The molecule has 0 radical (unpaired) electrons. The van der Waals surface area contributed by atoms with Gasteiger partial charge < -0.3 is 5.32 Å². The molecular formula is C12H27N. The molecule has 13 heavy (non-hydrogen) atoms. The van der Waals surface area contributed by atoms with Crippen LogP contribution in [0, 0.1) is 11.3 Å². The molecule has 1 nitrogen and oxygen atoms in total. The van der Waals surface area contributed by atoms with Gasteiger partial charge in [0.2, 0.25) is 0 Å². The largest absolute Gasteiger partial charge is 0.313 e. The van der Waals surface area contributed by atoms with Gasteiger partial charge in [-0.1, -0.05) is 41.5 Å². The molecule has 0 saturated carbocycles. The molecule has 0 aromatic heterocycles. The van der Waals surface area contributed by atoms with Crippen molar-refractivity contribution < 1.29 is 0 Å². The van der Waals surface area contributed by atoms with Crippen LogP contribution in [-0.2, 0) is 0 Å². The lowest BCUT2D eigenvalue weighted by atomic mass is 9.89. The second-order valence-electron chi connectivity index (χ2n) is 5.16. The monoisotopic (exact) mass is 185 g/mol. The van der Waals surface area contributed by atoms with Crippen LogP contribution in [0.25, 0.3) is 0 Å². The zero-order chi connectivity index (χ0) is 10.5. The molecular weight excluding hydrogens is 158 g/mol. The summed E-state index contributed by atoms with van der Waals surface area (Å²) in [5, 5.41) is 3.66. The number of hydrogen-bond acceptors (Lipinski definition) is 1. The van der Waals surface area contributed by atoms with Gasteiger partial charge in [0.15, 0.2) is 0 Å². The van der Waals surface area contributed by atoms with Crippen LogP contribution in [0.2, 0.25) is 0 Å². The van der Waals surface area contributed by atoms with Gasteiger partial charge in [0.05, 0.1) is 0 Å². The summed E-state index contributed by atoms with van der Waals surface area (Å²) in [5.41, 5.74) is 0.447. The predicted molar refractivity (Wildman–Crippen MR) is 61.0 cm³/mol. The van der Waals surface area contributed by atoms with Crippen molar-refractivity contribution in [3.05, 3.63) is 0 Å². The van der Waals surface area contributed by atoms with Crippen molar-refractivity contribution in [3.63, 3.8) is 0 Å².